The van der Waals surface area contributed by atoms with Crippen molar-refractivity contribution in [3.8, 4) is 5.75 Å². The third-order valence-electron chi connectivity index (χ3n) is 2.81. The zero-order valence-electron chi connectivity index (χ0n) is 11.1. The van der Waals surface area contributed by atoms with E-state index in [1.165, 1.54) is 6.07 Å². The number of ether oxygens (including phenoxy) is 1. The summed E-state index contributed by atoms with van der Waals surface area (Å²) >= 11 is 0. The highest BCUT2D eigenvalue weighted by atomic mass is 19.3. The molecule has 0 aliphatic carbocycles. The first-order valence-electron chi connectivity index (χ1n) is 6.20. The zero-order chi connectivity index (χ0) is 14.4. The maximum absolute atomic E-state index is 13.4. The average Bonchev–Trinajstić information content (AvgIpc) is 2.32. The smallest absolute Gasteiger partial charge is 0.387 e. The molecule has 1 rings (SSSR count). The molecule has 0 fully saturated rings. The number of unbranched alkanes of at least 4 members (excludes halogenated alkanes) is 2. The van der Waals surface area contributed by atoms with Crippen molar-refractivity contribution in [1.82, 2.24) is 0 Å². The van der Waals surface area contributed by atoms with Crippen LogP contribution in [-0.2, 0) is 0 Å². The Labute approximate surface area is 111 Å². The van der Waals surface area contributed by atoms with Gasteiger partial charge in [-0.05, 0) is 6.42 Å². The fourth-order valence-corrected chi connectivity index (χ4v) is 1.79. The van der Waals surface area contributed by atoms with Gasteiger partial charge in [0, 0.05) is 25.7 Å². The van der Waals surface area contributed by atoms with Gasteiger partial charge in [-0.25, -0.2) is 4.39 Å². The van der Waals surface area contributed by atoms with Gasteiger partial charge in [0.1, 0.15) is 0 Å². The van der Waals surface area contributed by atoms with Gasteiger partial charge < -0.3 is 15.4 Å². The predicted molar refractivity (Wildman–Crippen MR) is 70.2 cm³/mol. The Balaban J connectivity index is 2.87. The summed E-state index contributed by atoms with van der Waals surface area (Å²) in [6, 6.07) is 2.21. The molecular weight excluding hydrogens is 257 g/mol. The number of benzene rings is 1. The van der Waals surface area contributed by atoms with E-state index in [9.17, 15) is 13.2 Å². The van der Waals surface area contributed by atoms with Crippen LogP contribution in [0.3, 0.4) is 0 Å². The molecule has 1 aromatic carbocycles. The summed E-state index contributed by atoms with van der Waals surface area (Å²) in [7, 11) is 1.78. The Morgan fingerprint density at radius 1 is 1.32 bits per heavy atom. The minimum atomic E-state index is -3.06. The monoisotopic (exact) mass is 276 g/mol. The van der Waals surface area contributed by atoms with E-state index in [-0.39, 0.29) is 5.69 Å². The second-order valence-electron chi connectivity index (χ2n) is 4.35. The maximum Gasteiger partial charge on any atom is 0.387 e. The summed E-state index contributed by atoms with van der Waals surface area (Å²) in [6.07, 6.45) is 3.09. The fraction of sp³-hybridized carbons (Fsp3) is 0.538. The van der Waals surface area contributed by atoms with Crippen molar-refractivity contribution in [1.29, 1.82) is 0 Å². The van der Waals surface area contributed by atoms with Crippen LogP contribution in [0.15, 0.2) is 12.1 Å². The van der Waals surface area contributed by atoms with Crippen LogP contribution >= 0.6 is 0 Å². The first-order chi connectivity index (χ1) is 8.95. The summed E-state index contributed by atoms with van der Waals surface area (Å²) in [5, 5.41) is 0. The van der Waals surface area contributed by atoms with Gasteiger partial charge >= 0.3 is 6.61 Å². The molecule has 0 atom stereocenters. The van der Waals surface area contributed by atoms with Gasteiger partial charge in [-0.3, -0.25) is 0 Å². The molecule has 1 aromatic rings. The van der Waals surface area contributed by atoms with Crippen LogP contribution in [0.4, 0.5) is 24.5 Å². The van der Waals surface area contributed by atoms with E-state index >= 15 is 0 Å². The Bertz CT molecular complexity index is 413. The van der Waals surface area contributed by atoms with Crippen molar-refractivity contribution < 1.29 is 17.9 Å². The van der Waals surface area contributed by atoms with E-state index < -0.39 is 18.2 Å². The predicted octanol–water partition coefficient (Wildman–Crippen LogP) is 3.64. The number of rotatable bonds is 7. The SMILES string of the molecule is CCCCCN(C)c1cc(OC(F)F)c(F)cc1N. The van der Waals surface area contributed by atoms with Crippen LogP contribution in [0.1, 0.15) is 26.2 Å². The van der Waals surface area contributed by atoms with Gasteiger partial charge in [0.25, 0.3) is 0 Å². The number of alkyl halides is 2. The van der Waals surface area contributed by atoms with Crippen LogP contribution in [-0.4, -0.2) is 20.2 Å². The number of anilines is 2. The van der Waals surface area contributed by atoms with Gasteiger partial charge in [-0.15, -0.1) is 0 Å². The van der Waals surface area contributed by atoms with E-state index in [4.69, 9.17) is 5.73 Å². The average molecular weight is 276 g/mol. The van der Waals surface area contributed by atoms with Gasteiger partial charge in [0.05, 0.1) is 11.4 Å². The number of nitrogens with zero attached hydrogens (tertiary/aromatic N) is 1. The molecule has 0 saturated carbocycles. The maximum atomic E-state index is 13.4. The van der Waals surface area contributed by atoms with Gasteiger partial charge in [0.2, 0.25) is 0 Å². The van der Waals surface area contributed by atoms with Crippen LogP contribution in [0.5, 0.6) is 5.75 Å². The Morgan fingerprint density at radius 2 is 2.00 bits per heavy atom. The van der Waals surface area contributed by atoms with Crippen molar-refractivity contribution in [2.45, 2.75) is 32.8 Å². The third kappa shape index (κ3) is 4.54. The molecule has 0 aromatic heterocycles. The fourth-order valence-electron chi connectivity index (χ4n) is 1.79. The van der Waals surface area contributed by atoms with Crippen molar-refractivity contribution in [3.05, 3.63) is 17.9 Å². The molecule has 0 unspecified atom stereocenters. The van der Waals surface area contributed by atoms with E-state index in [2.05, 4.69) is 11.7 Å². The second kappa shape index (κ2) is 7.11. The number of nitrogen functional groups attached to an aromatic ring is 1. The number of hydrogen-bond donors (Lipinski definition) is 1. The lowest BCUT2D eigenvalue weighted by molar-refractivity contribution is -0.0521. The zero-order valence-corrected chi connectivity index (χ0v) is 11.1. The molecule has 3 nitrogen and oxygen atoms in total. The molecular formula is C13H19F3N2O. The molecule has 0 radical (unpaired) electrons. The molecule has 0 saturated heterocycles. The van der Waals surface area contributed by atoms with Gasteiger partial charge in [-0.2, -0.15) is 8.78 Å². The summed E-state index contributed by atoms with van der Waals surface area (Å²) in [5.74, 6) is -1.37. The lowest BCUT2D eigenvalue weighted by atomic mass is 10.2. The molecule has 0 amide bonds. The normalized spacial score (nSPS) is 10.8. The summed E-state index contributed by atoms with van der Waals surface area (Å²) in [6.45, 7) is -0.255. The lowest BCUT2D eigenvalue weighted by Crippen LogP contribution is -2.20. The van der Waals surface area contributed by atoms with E-state index in [0.29, 0.717) is 5.69 Å². The number of hydrogen-bond acceptors (Lipinski definition) is 3. The van der Waals surface area contributed by atoms with Crippen LogP contribution < -0.4 is 15.4 Å². The molecule has 6 heteroatoms. The number of halogens is 3. The van der Waals surface area contributed by atoms with E-state index in [1.807, 2.05) is 4.90 Å². The molecule has 0 spiro atoms. The quantitative estimate of drug-likeness (QED) is 0.610. The van der Waals surface area contributed by atoms with Crippen LogP contribution in [0.25, 0.3) is 0 Å². The lowest BCUT2D eigenvalue weighted by Gasteiger charge is -2.22. The molecule has 0 bridgehead atoms. The first-order valence-corrected chi connectivity index (χ1v) is 6.20. The number of nitrogens with two attached hydrogens (primary N) is 1. The minimum absolute atomic E-state index is 0.207. The summed E-state index contributed by atoms with van der Waals surface area (Å²) in [4.78, 5) is 1.81. The Hall–Kier alpha value is -1.59. The van der Waals surface area contributed by atoms with Crippen LogP contribution in [0, 0.1) is 5.82 Å². The largest absolute Gasteiger partial charge is 0.432 e. The van der Waals surface area contributed by atoms with Crippen molar-refractivity contribution in [2.75, 3.05) is 24.2 Å². The van der Waals surface area contributed by atoms with Gasteiger partial charge in [-0.1, -0.05) is 19.8 Å². The van der Waals surface area contributed by atoms with E-state index in [1.54, 1.807) is 7.05 Å². The molecule has 0 heterocycles. The molecule has 2 N–H and O–H groups in total. The van der Waals surface area contributed by atoms with Crippen molar-refractivity contribution in [2.24, 2.45) is 0 Å². The van der Waals surface area contributed by atoms with E-state index in [0.717, 1.165) is 31.9 Å². The molecule has 0 aliphatic rings. The summed E-state index contributed by atoms with van der Waals surface area (Å²) < 4.78 is 41.8. The highest BCUT2D eigenvalue weighted by molar-refractivity contribution is 5.69. The topological polar surface area (TPSA) is 38.5 Å². The second-order valence-corrected chi connectivity index (χ2v) is 4.35. The third-order valence-corrected chi connectivity index (χ3v) is 2.81. The summed E-state index contributed by atoms with van der Waals surface area (Å²) in [5.41, 5.74) is 6.40. The van der Waals surface area contributed by atoms with Crippen LogP contribution in [0.2, 0.25) is 0 Å². The highest BCUT2D eigenvalue weighted by Crippen LogP contribution is 2.31. The molecule has 0 aliphatic heterocycles. The van der Waals surface area contributed by atoms with Crippen molar-refractivity contribution >= 4 is 11.4 Å². The first kappa shape index (κ1) is 15.5. The highest BCUT2D eigenvalue weighted by Gasteiger charge is 2.15. The van der Waals surface area contributed by atoms with Crippen molar-refractivity contribution in [3.63, 3.8) is 0 Å². The molecule has 108 valence electrons. The Morgan fingerprint density at radius 3 is 2.58 bits per heavy atom. The Kier molecular flexibility index (Phi) is 5.79. The van der Waals surface area contributed by atoms with Gasteiger partial charge in [0.15, 0.2) is 11.6 Å². The standard InChI is InChI=1S/C13H19F3N2O/c1-3-4-5-6-18(2)11-8-12(19-13(15)16)9(14)7-10(11)17/h7-8,13H,3-6,17H2,1-2H3. The minimum Gasteiger partial charge on any atom is -0.432 e. The molecule has 19 heavy (non-hydrogen) atoms.